The molecule has 1 amide bonds. The van der Waals surface area contributed by atoms with Crippen LogP contribution in [0.1, 0.15) is 60.7 Å². The molecular weight excluding hydrogens is 482 g/mol. The van der Waals surface area contributed by atoms with Gasteiger partial charge < -0.3 is 20.8 Å². The van der Waals surface area contributed by atoms with E-state index in [0.29, 0.717) is 25.9 Å². The second kappa shape index (κ2) is 10.6. The lowest BCUT2D eigenvalue weighted by molar-refractivity contribution is -0.144. The van der Waals surface area contributed by atoms with Crippen molar-refractivity contribution < 1.29 is 15.0 Å². The Morgan fingerprint density at radius 1 is 1.05 bits per heavy atom. The van der Waals surface area contributed by atoms with E-state index in [9.17, 15) is 15.0 Å². The van der Waals surface area contributed by atoms with Crippen molar-refractivity contribution >= 4 is 22.4 Å². The normalized spacial score (nSPS) is 28.7. The Kier molecular flexibility index (Phi) is 7.39. The molecule has 2 aliphatic carbocycles. The van der Waals surface area contributed by atoms with Gasteiger partial charge in [-0.05, 0) is 41.7 Å². The number of aromatic nitrogens is 1. The Morgan fingerprint density at radius 2 is 1.70 bits per heavy atom. The summed E-state index contributed by atoms with van der Waals surface area (Å²) in [5, 5.41) is 28.9. The third-order valence-electron chi connectivity index (χ3n) is 8.90. The Labute approximate surface area is 223 Å². The SMILES string of the molecule is C[C@]1(CO)[C@H]2Cc3sc(NCc4ccccc4)nc3[C@@H](CC(=O)NCc3ccccc3)[C@]2(C)CC[C@H]1O. The van der Waals surface area contributed by atoms with Crippen LogP contribution in [0.3, 0.4) is 0 Å². The highest BCUT2D eigenvalue weighted by Gasteiger charge is 2.59. The van der Waals surface area contributed by atoms with E-state index in [-0.39, 0.29) is 29.8 Å². The van der Waals surface area contributed by atoms with Crippen LogP contribution in [0.2, 0.25) is 0 Å². The van der Waals surface area contributed by atoms with E-state index in [2.05, 4.69) is 29.7 Å². The monoisotopic (exact) mass is 519 g/mol. The number of nitrogens with zero attached hydrogens (tertiary/aromatic N) is 1. The van der Waals surface area contributed by atoms with Gasteiger partial charge in [0.15, 0.2) is 5.13 Å². The zero-order valence-electron chi connectivity index (χ0n) is 21.6. The highest BCUT2D eigenvalue weighted by Crippen LogP contribution is 2.62. The summed E-state index contributed by atoms with van der Waals surface area (Å²) in [6.45, 7) is 5.35. The molecule has 4 N–H and O–H groups in total. The van der Waals surface area contributed by atoms with Gasteiger partial charge in [0, 0.05) is 35.7 Å². The first-order chi connectivity index (χ1) is 17.8. The van der Waals surface area contributed by atoms with Gasteiger partial charge in [0.2, 0.25) is 5.91 Å². The molecule has 0 spiro atoms. The highest BCUT2D eigenvalue weighted by atomic mass is 32.1. The maximum absolute atomic E-state index is 13.3. The molecule has 2 aliphatic rings. The van der Waals surface area contributed by atoms with Gasteiger partial charge in [-0.3, -0.25) is 4.79 Å². The summed E-state index contributed by atoms with van der Waals surface area (Å²) in [4.78, 5) is 19.5. The van der Waals surface area contributed by atoms with Gasteiger partial charge in [0.05, 0.1) is 18.4 Å². The minimum atomic E-state index is -0.620. The Hall–Kier alpha value is -2.74. The van der Waals surface area contributed by atoms with E-state index >= 15 is 0 Å². The summed E-state index contributed by atoms with van der Waals surface area (Å²) in [5.74, 6) is -0.0279. The Morgan fingerprint density at radius 3 is 2.35 bits per heavy atom. The molecular formula is C30H37N3O3S. The summed E-state index contributed by atoms with van der Waals surface area (Å²) in [6.07, 6.45) is 1.95. The smallest absolute Gasteiger partial charge is 0.220 e. The first-order valence-electron chi connectivity index (χ1n) is 13.2. The van der Waals surface area contributed by atoms with Gasteiger partial charge in [0.25, 0.3) is 0 Å². The number of fused-ring (bicyclic) bond motifs is 2. The molecule has 0 radical (unpaired) electrons. The maximum Gasteiger partial charge on any atom is 0.220 e. The van der Waals surface area contributed by atoms with Crippen molar-refractivity contribution in [3.05, 3.63) is 82.4 Å². The molecule has 1 aromatic heterocycles. The number of hydrogen-bond donors (Lipinski definition) is 4. The van der Waals surface area contributed by atoms with Gasteiger partial charge in [-0.1, -0.05) is 74.5 Å². The topological polar surface area (TPSA) is 94.5 Å². The lowest BCUT2D eigenvalue weighted by Gasteiger charge is -2.58. The van der Waals surface area contributed by atoms with Gasteiger partial charge in [0.1, 0.15) is 0 Å². The quantitative estimate of drug-likeness (QED) is 0.340. The molecule has 0 saturated heterocycles. The number of carbonyl (C=O) groups excluding carboxylic acids is 1. The predicted octanol–water partition coefficient (Wildman–Crippen LogP) is 4.88. The van der Waals surface area contributed by atoms with E-state index in [1.54, 1.807) is 11.3 Å². The number of carbonyl (C=O) groups is 1. The van der Waals surface area contributed by atoms with Gasteiger partial charge >= 0.3 is 0 Å². The molecule has 37 heavy (non-hydrogen) atoms. The fourth-order valence-corrected chi connectivity index (χ4v) is 7.61. The van der Waals surface area contributed by atoms with Crippen molar-refractivity contribution in [1.29, 1.82) is 0 Å². The number of benzene rings is 2. The first-order valence-corrected chi connectivity index (χ1v) is 14.0. The van der Waals surface area contributed by atoms with E-state index in [1.807, 2.05) is 55.5 Å². The lowest BCUT2D eigenvalue weighted by atomic mass is 9.47. The molecule has 1 fully saturated rings. The summed E-state index contributed by atoms with van der Waals surface area (Å²) in [7, 11) is 0. The molecule has 5 rings (SSSR count). The van der Waals surface area contributed by atoms with Crippen LogP contribution in [0.5, 0.6) is 0 Å². The van der Waals surface area contributed by atoms with Gasteiger partial charge in [-0.2, -0.15) is 0 Å². The summed E-state index contributed by atoms with van der Waals surface area (Å²) in [5.41, 5.74) is 2.39. The van der Waals surface area contributed by atoms with Crippen LogP contribution in [-0.4, -0.2) is 33.8 Å². The zero-order chi connectivity index (χ0) is 26.0. The number of aliphatic hydroxyl groups is 2. The molecule has 5 atom stereocenters. The summed E-state index contributed by atoms with van der Waals surface area (Å²) < 4.78 is 0. The van der Waals surface area contributed by atoms with Crippen LogP contribution in [0, 0.1) is 16.7 Å². The van der Waals surface area contributed by atoms with Crippen molar-refractivity contribution in [2.75, 3.05) is 11.9 Å². The highest BCUT2D eigenvalue weighted by molar-refractivity contribution is 7.15. The average molecular weight is 520 g/mol. The van der Waals surface area contributed by atoms with Crippen LogP contribution >= 0.6 is 11.3 Å². The number of amides is 1. The van der Waals surface area contributed by atoms with Gasteiger partial charge in [-0.25, -0.2) is 4.98 Å². The minimum Gasteiger partial charge on any atom is -0.396 e. The Bertz CT molecular complexity index is 1220. The molecule has 2 aromatic carbocycles. The molecule has 1 heterocycles. The molecule has 3 aromatic rings. The van der Waals surface area contributed by atoms with Crippen molar-refractivity contribution in [1.82, 2.24) is 10.3 Å². The van der Waals surface area contributed by atoms with Gasteiger partial charge in [-0.15, -0.1) is 11.3 Å². The van der Waals surface area contributed by atoms with Crippen LogP contribution in [0.4, 0.5) is 5.13 Å². The third kappa shape index (κ3) is 5.05. The maximum atomic E-state index is 13.3. The largest absolute Gasteiger partial charge is 0.396 e. The molecule has 7 heteroatoms. The van der Waals surface area contributed by atoms with Crippen LogP contribution in [-0.2, 0) is 24.3 Å². The summed E-state index contributed by atoms with van der Waals surface area (Å²) in [6, 6.07) is 20.2. The zero-order valence-corrected chi connectivity index (χ0v) is 22.4. The molecule has 0 unspecified atom stereocenters. The van der Waals surface area contributed by atoms with E-state index in [4.69, 9.17) is 4.98 Å². The fourth-order valence-electron chi connectivity index (χ4n) is 6.55. The number of aliphatic hydroxyl groups excluding tert-OH is 2. The second-order valence-electron chi connectivity index (χ2n) is 11.2. The second-order valence-corrected chi connectivity index (χ2v) is 12.3. The Balaban J connectivity index is 1.43. The van der Waals surface area contributed by atoms with Crippen LogP contribution < -0.4 is 10.6 Å². The minimum absolute atomic E-state index is 0.00490. The van der Waals surface area contributed by atoms with Crippen molar-refractivity contribution in [2.45, 2.75) is 64.6 Å². The fraction of sp³-hybridized carbons (Fsp3) is 0.467. The molecule has 0 aliphatic heterocycles. The van der Waals surface area contributed by atoms with Crippen LogP contribution in [0.25, 0.3) is 0 Å². The van der Waals surface area contributed by atoms with Crippen LogP contribution in [0.15, 0.2) is 60.7 Å². The van der Waals surface area contributed by atoms with Crippen molar-refractivity contribution in [3.8, 4) is 0 Å². The number of rotatable bonds is 8. The average Bonchev–Trinajstić information content (AvgIpc) is 3.34. The molecule has 6 nitrogen and oxygen atoms in total. The summed E-state index contributed by atoms with van der Waals surface area (Å²) >= 11 is 1.65. The van der Waals surface area contributed by atoms with Crippen molar-refractivity contribution in [2.24, 2.45) is 16.7 Å². The standard InChI is InChI=1S/C30H37N3O3S/c1-29-14-13-25(35)30(2,19-34)24(29)16-23-27(33-28(37-23)32-18-21-11-7-4-8-12-21)22(29)15-26(36)31-17-20-9-5-3-6-10-20/h3-12,22,24-25,34-35H,13-19H2,1-2H3,(H,31,36)(H,32,33)/t22-,24+,25-,29+,30+/m1/s1. The number of thiazole rings is 1. The van der Waals surface area contributed by atoms with E-state index in [0.717, 1.165) is 34.1 Å². The lowest BCUT2D eigenvalue weighted by Crippen LogP contribution is -2.57. The number of anilines is 1. The number of hydrogen-bond acceptors (Lipinski definition) is 6. The van der Waals surface area contributed by atoms with E-state index in [1.165, 1.54) is 5.56 Å². The van der Waals surface area contributed by atoms with E-state index < -0.39 is 11.5 Å². The first kappa shape index (κ1) is 25.9. The predicted molar refractivity (Wildman–Crippen MR) is 147 cm³/mol. The molecule has 0 bridgehead atoms. The van der Waals surface area contributed by atoms with Crippen molar-refractivity contribution in [3.63, 3.8) is 0 Å². The number of nitrogens with one attached hydrogen (secondary N) is 2. The molecule has 196 valence electrons. The molecule has 1 saturated carbocycles. The third-order valence-corrected chi connectivity index (χ3v) is 9.95.